The maximum atomic E-state index is 4.75. The van der Waals surface area contributed by atoms with Gasteiger partial charge in [-0.05, 0) is 50.0 Å². The zero-order chi connectivity index (χ0) is 19.3. The predicted molar refractivity (Wildman–Crippen MR) is 121 cm³/mol. The number of hydrogen-bond donors (Lipinski definition) is 0. The molecule has 4 aromatic carbocycles. The standard InChI is InChI=1S/C27H23N/c1-27(2,3)22-11-13-23-20(17-22)10-12-25-24(23)14-15-28-26(25)21-9-8-18-6-4-5-7-19(18)16-21/h4-17H,1-3H3. The molecule has 1 heterocycles. The highest BCUT2D eigenvalue weighted by Gasteiger charge is 2.15. The molecule has 0 aliphatic carbocycles. The van der Waals surface area contributed by atoms with Crippen molar-refractivity contribution in [2.75, 3.05) is 0 Å². The lowest BCUT2D eigenvalue weighted by atomic mass is 9.85. The van der Waals surface area contributed by atoms with Gasteiger partial charge in [-0.2, -0.15) is 0 Å². The van der Waals surface area contributed by atoms with Crippen LogP contribution in [0.2, 0.25) is 0 Å². The van der Waals surface area contributed by atoms with Gasteiger partial charge in [-0.25, -0.2) is 0 Å². The van der Waals surface area contributed by atoms with Gasteiger partial charge in [0.2, 0.25) is 0 Å². The highest BCUT2D eigenvalue weighted by molar-refractivity contribution is 6.11. The van der Waals surface area contributed by atoms with Gasteiger partial charge in [0.25, 0.3) is 0 Å². The third-order valence-electron chi connectivity index (χ3n) is 5.65. The Bertz CT molecular complexity index is 1340. The van der Waals surface area contributed by atoms with Crippen molar-refractivity contribution >= 4 is 32.3 Å². The Hall–Kier alpha value is -3.19. The first kappa shape index (κ1) is 16.9. The Kier molecular flexibility index (Phi) is 3.73. The second kappa shape index (κ2) is 6.17. The molecule has 1 nitrogen and oxygen atoms in total. The van der Waals surface area contributed by atoms with E-state index in [0.29, 0.717) is 0 Å². The average molecular weight is 361 g/mol. The van der Waals surface area contributed by atoms with Crippen molar-refractivity contribution in [3.63, 3.8) is 0 Å². The molecule has 1 heteroatoms. The zero-order valence-corrected chi connectivity index (χ0v) is 16.5. The van der Waals surface area contributed by atoms with E-state index < -0.39 is 0 Å². The second-order valence-corrected chi connectivity index (χ2v) is 8.57. The fourth-order valence-corrected chi connectivity index (χ4v) is 4.03. The molecule has 0 bridgehead atoms. The molecule has 1 aromatic heterocycles. The fourth-order valence-electron chi connectivity index (χ4n) is 4.03. The predicted octanol–water partition coefficient (Wildman–Crippen LogP) is 7.51. The molecule has 0 amide bonds. The van der Waals surface area contributed by atoms with Gasteiger partial charge in [0.05, 0.1) is 5.69 Å². The number of fused-ring (bicyclic) bond motifs is 4. The highest BCUT2D eigenvalue weighted by Crippen LogP contribution is 2.34. The Balaban J connectivity index is 1.75. The van der Waals surface area contributed by atoms with Gasteiger partial charge in [-0.1, -0.05) is 87.5 Å². The molecule has 0 N–H and O–H groups in total. The summed E-state index contributed by atoms with van der Waals surface area (Å²) in [6.45, 7) is 6.78. The molecule has 0 aliphatic rings. The van der Waals surface area contributed by atoms with Gasteiger partial charge < -0.3 is 0 Å². The van der Waals surface area contributed by atoms with Gasteiger partial charge in [-0.3, -0.25) is 4.98 Å². The van der Waals surface area contributed by atoms with Crippen LogP contribution in [-0.4, -0.2) is 4.98 Å². The molecule has 5 aromatic rings. The summed E-state index contributed by atoms with van der Waals surface area (Å²) in [5.41, 5.74) is 3.72. The quantitative estimate of drug-likeness (QED) is 0.282. The topological polar surface area (TPSA) is 12.9 Å². The van der Waals surface area contributed by atoms with E-state index in [1.54, 1.807) is 0 Å². The van der Waals surface area contributed by atoms with E-state index in [4.69, 9.17) is 4.98 Å². The van der Waals surface area contributed by atoms with Crippen molar-refractivity contribution in [3.05, 3.63) is 90.6 Å². The lowest BCUT2D eigenvalue weighted by Gasteiger charge is -2.20. The van der Waals surface area contributed by atoms with Crippen LogP contribution in [0.25, 0.3) is 43.6 Å². The Labute approximate surface area is 165 Å². The second-order valence-electron chi connectivity index (χ2n) is 8.57. The van der Waals surface area contributed by atoms with Gasteiger partial charge in [0, 0.05) is 17.1 Å². The molecular formula is C27H23N. The molecule has 5 rings (SSSR count). The minimum atomic E-state index is 0.150. The van der Waals surface area contributed by atoms with Crippen LogP contribution in [0.1, 0.15) is 26.3 Å². The molecule has 0 radical (unpaired) electrons. The summed E-state index contributed by atoms with van der Waals surface area (Å²) in [7, 11) is 0. The van der Waals surface area contributed by atoms with Gasteiger partial charge in [-0.15, -0.1) is 0 Å². The van der Waals surface area contributed by atoms with Gasteiger partial charge >= 0.3 is 0 Å². The van der Waals surface area contributed by atoms with E-state index in [1.165, 1.54) is 37.9 Å². The normalized spacial score (nSPS) is 12.1. The zero-order valence-electron chi connectivity index (χ0n) is 16.5. The van der Waals surface area contributed by atoms with Crippen LogP contribution in [0.4, 0.5) is 0 Å². The molecule has 0 aliphatic heterocycles. The molecule has 0 fully saturated rings. The first-order valence-electron chi connectivity index (χ1n) is 9.82. The van der Waals surface area contributed by atoms with Crippen molar-refractivity contribution in [2.45, 2.75) is 26.2 Å². The minimum Gasteiger partial charge on any atom is -0.256 e. The van der Waals surface area contributed by atoms with Crippen molar-refractivity contribution < 1.29 is 0 Å². The van der Waals surface area contributed by atoms with E-state index in [9.17, 15) is 0 Å². The summed E-state index contributed by atoms with van der Waals surface area (Å²) in [5, 5.41) is 7.54. The number of nitrogens with zero attached hydrogens (tertiary/aromatic N) is 1. The van der Waals surface area contributed by atoms with Crippen LogP contribution < -0.4 is 0 Å². The molecule has 0 atom stereocenters. The summed E-state index contributed by atoms with van der Waals surface area (Å²) in [5.74, 6) is 0. The van der Waals surface area contributed by atoms with Crippen molar-refractivity contribution in [2.24, 2.45) is 0 Å². The SMILES string of the molecule is CC(C)(C)c1ccc2c(ccc3c(-c4ccc5ccccc5c4)nccc32)c1. The van der Waals surface area contributed by atoms with E-state index in [2.05, 4.69) is 99.6 Å². The highest BCUT2D eigenvalue weighted by atomic mass is 14.7. The maximum absolute atomic E-state index is 4.75. The molecule has 0 unspecified atom stereocenters. The Morgan fingerprint density at radius 2 is 1.36 bits per heavy atom. The molecule has 0 spiro atoms. The van der Waals surface area contributed by atoms with Crippen LogP contribution in [-0.2, 0) is 5.41 Å². The number of pyridine rings is 1. The summed E-state index contributed by atoms with van der Waals surface area (Å²) < 4.78 is 0. The number of rotatable bonds is 1. The molecule has 0 saturated heterocycles. The van der Waals surface area contributed by atoms with E-state index >= 15 is 0 Å². The average Bonchev–Trinajstić information content (AvgIpc) is 2.71. The van der Waals surface area contributed by atoms with Crippen LogP contribution in [0.15, 0.2) is 85.1 Å². The minimum absolute atomic E-state index is 0.150. The molecular weight excluding hydrogens is 338 g/mol. The van der Waals surface area contributed by atoms with Gasteiger partial charge in [0.1, 0.15) is 0 Å². The van der Waals surface area contributed by atoms with Gasteiger partial charge in [0.15, 0.2) is 0 Å². The first-order chi connectivity index (χ1) is 13.5. The number of benzene rings is 4. The number of aromatic nitrogens is 1. The largest absolute Gasteiger partial charge is 0.256 e. The molecule has 136 valence electrons. The maximum Gasteiger partial charge on any atom is 0.0780 e. The number of hydrogen-bond acceptors (Lipinski definition) is 1. The van der Waals surface area contributed by atoms with Crippen molar-refractivity contribution in [1.29, 1.82) is 0 Å². The monoisotopic (exact) mass is 361 g/mol. The third-order valence-corrected chi connectivity index (χ3v) is 5.65. The van der Waals surface area contributed by atoms with Crippen molar-refractivity contribution in [3.8, 4) is 11.3 Å². The van der Waals surface area contributed by atoms with Crippen molar-refractivity contribution in [1.82, 2.24) is 4.98 Å². The summed E-state index contributed by atoms with van der Waals surface area (Å²) in [6.07, 6.45) is 1.93. The van der Waals surface area contributed by atoms with E-state index in [-0.39, 0.29) is 5.41 Å². The summed E-state index contributed by atoms with van der Waals surface area (Å²) in [4.78, 5) is 4.75. The smallest absolute Gasteiger partial charge is 0.0780 e. The molecule has 0 saturated carbocycles. The Morgan fingerprint density at radius 1 is 0.607 bits per heavy atom. The van der Waals surface area contributed by atoms with Crippen LogP contribution in [0, 0.1) is 0 Å². The summed E-state index contributed by atoms with van der Waals surface area (Å²) in [6, 6.07) is 28.5. The van der Waals surface area contributed by atoms with Crippen LogP contribution in [0.5, 0.6) is 0 Å². The first-order valence-corrected chi connectivity index (χ1v) is 9.82. The summed E-state index contributed by atoms with van der Waals surface area (Å²) >= 11 is 0. The van der Waals surface area contributed by atoms with Crippen LogP contribution in [0.3, 0.4) is 0 Å². The van der Waals surface area contributed by atoms with E-state index in [0.717, 1.165) is 11.3 Å². The lowest BCUT2D eigenvalue weighted by molar-refractivity contribution is 0.591. The fraction of sp³-hybridized carbons (Fsp3) is 0.148. The Morgan fingerprint density at radius 3 is 2.18 bits per heavy atom. The lowest BCUT2D eigenvalue weighted by Crippen LogP contribution is -2.10. The third kappa shape index (κ3) is 2.75. The van der Waals surface area contributed by atoms with Crippen LogP contribution >= 0.6 is 0 Å². The molecule has 28 heavy (non-hydrogen) atoms. The van der Waals surface area contributed by atoms with E-state index in [1.807, 2.05) is 6.20 Å².